The van der Waals surface area contributed by atoms with Gasteiger partial charge in [0.2, 0.25) is 5.91 Å². The first kappa shape index (κ1) is 23.8. The Labute approximate surface area is 170 Å². The second kappa shape index (κ2) is 10.3. The Morgan fingerprint density at radius 3 is 2.07 bits per heavy atom. The van der Waals surface area contributed by atoms with Crippen molar-refractivity contribution in [1.82, 2.24) is 10.2 Å². The quantitative estimate of drug-likeness (QED) is 0.695. The van der Waals surface area contributed by atoms with Crippen LogP contribution in [0, 0.1) is 11.8 Å². The maximum Gasteiger partial charge on any atom is 0.319 e. The van der Waals surface area contributed by atoms with Crippen LogP contribution in [0.3, 0.4) is 0 Å². The maximum absolute atomic E-state index is 12.9. The third-order valence-electron chi connectivity index (χ3n) is 4.81. The molecule has 1 atom stereocenters. The van der Waals surface area contributed by atoms with Crippen molar-refractivity contribution in [1.29, 1.82) is 0 Å². The molecule has 0 aliphatic heterocycles. The van der Waals surface area contributed by atoms with Crippen LogP contribution in [-0.2, 0) is 11.3 Å². The van der Waals surface area contributed by atoms with E-state index in [1.54, 1.807) is 0 Å². The average Bonchev–Trinajstić information content (AvgIpc) is 2.57. The van der Waals surface area contributed by atoms with E-state index < -0.39 is 0 Å². The number of rotatable bonds is 8. The molecule has 0 saturated heterocycles. The summed E-state index contributed by atoms with van der Waals surface area (Å²) in [7, 11) is 3.97. The van der Waals surface area contributed by atoms with Crippen LogP contribution < -0.4 is 15.5 Å². The minimum Gasteiger partial charge on any atom is -0.377 e. The van der Waals surface area contributed by atoms with Gasteiger partial charge in [-0.2, -0.15) is 0 Å². The third kappa shape index (κ3) is 6.73. The number of nitrogens with one attached hydrogen (secondary N) is 2. The SMILES string of the molecule is CC(C)NC(=O)Nc1ccc(N(C)C)c(CN(C(=O)C(C)C)[C@@H](C)C(C)C)c1. The predicted octanol–water partition coefficient (Wildman–Crippen LogP) is 4.31. The van der Waals surface area contributed by atoms with Crippen LogP contribution >= 0.6 is 0 Å². The van der Waals surface area contributed by atoms with Crippen molar-refractivity contribution in [3.05, 3.63) is 23.8 Å². The predicted molar refractivity (Wildman–Crippen MR) is 118 cm³/mol. The molecule has 158 valence electrons. The first-order chi connectivity index (χ1) is 12.9. The lowest BCUT2D eigenvalue weighted by Crippen LogP contribution is -2.43. The molecule has 2 N–H and O–H groups in total. The maximum atomic E-state index is 12.9. The van der Waals surface area contributed by atoms with Gasteiger partial charge in [-0.1, -0.05) is 27.7 Å². The van der Waals surface area contributed by atoms with Gasteiger partial charge in [0, 0.05) is 50.0 Å². The smallest absolute Gasteiger partial charge is 0.319 e. The van der Waals surface area contributed by atoms with E-state index in [2.05, 4.69) is 31.4 Å². The van der Waals surface area contributed by atoms with E-state index in [1.165, 1.54) is 0 Å². The summed E-state index contributed by atoms with van der Waals surface area (Å²) in [4.78, 5) is 29.0. The minimum absolute atomic E-state index is 0.0616. The summed E-state index contributed by atoms with van der Waals surface area (Å²) in [6, 6.07) is 5.78. The first-order valence-electron chi connectivity index (χ1n) is 10.1. The van der Waals surface area contributed by atoms with E-state index in [0.29, 0.717) is 18.2 Å². The number of hydrogen-bond donors (Lipinski definition) is 2. The van der Waals surface area contributed by atoms with E-state index in [9.17, 15) is 9.59 Å². The van der Waals surface area contributed by atoms with Gasteiger partial charge in [0.25, 0.3) is 0 Å². The van der Waals surface area contributed by atoms with Crippen LogP contribution in [0.2, 0.25) is 0 Å². The normalized spacial score (nSPS) is 12.3. The summed E-state index contributed by atoms with van der Waals surface area (Å²) < 4.78 is 0. The Bertz CT molecular complexity index is 669. The molecule has 0 aliphatic carbocycles. The van der Waals surface area contributed by atoms with Gasteiger partial charge in [0.15, 0.2) is 0 Å². The third-order valence-corrected chi connectivity index (χ3v) is 4.81. The van der Waals surface area contributed by atoms with Crippen LogP contribution in [-0.4, -0.2) is 43.0 Å². The van der Waals surface area contributed by atoms with Gasteiger partial charge in [-0.15, -0.1) is 0 Å². The molecular weight excluding hydrogens is 352 g/mol. The lowest BCUT2D eigenvalue weighted by Gasteiger charge is -2.34. The molecule has 6 heteroatoms. The fourth-order valence-electron chi connectivity index (χ4n) is 2.95. The summed E-state index contributed by atoms with van der Waals surface area (Å²) in [5.74, 6) is 0.424. The minimum atomic E-state index is -0.232. The Hall–Kier alpha value is -2.24. The molecule has 0 unspecified atom stereocenters. The Balaban J connectivity index is 3.23. The van der Waals surface area contributed by atoms with Gasteiger partial charge >= 0.3 is 6.03 Å². The average molecular weight is 391 g/mol. The number of hydrogen-bond acceptors (Lipinski definition) is 3. The molecule has 0 saturated carbocycles. The second-order valence-corrected chi connectivity index (χ2v) is 8.60. The van der Waals surface area contributed by atoms with Crippen molar-refractivity contribution < 1.29 is 9.59 Å². The van der Waals surface area contributed by atoms with Crippen molar-refractivity contribution in [3.8, 4) is 0 Å². The first-order valence-corrected chi connectivity index (χ1v) is 10.1. The number of carbonyl (C=O) groups is 2. The fourth-order valence-corrected chi connectivity index (χ4v) is 2.95. The standard InChI is InChI=1S/C22H38N4O2/c1-14(2)17(7)26(21(27)15(3)4)13-18-12-19(10-11-20(18)25(8)9)24-22(28)23-16(5)6/h10-12,14-17H,13H2,1-9H3,(H2,23,24,28)/t17-/m0/s1. The number of anilines is 2. The van der Waals surface area contributed by atoms with Gasteiger partial charge in [-0.3, -0.25) is 4.79 Å². The number of nitrogens with zero attached hydrogens (tertiary/aromatic N) is 2. The summed E-state index contributed by atoms with van der Waals surface area (Å²) >= 11 is 0. The van der Waals surface area contributed by atoms with Gasteiger partial charge in [0.05, 0.1) is 0 Å². The monoisotopic (exact) mass is 390 g/mol. The zero-order valence-electron chi connectivity index (χ0n) is 19.0. The summed E-state index contributed by atoms with van der Waals surface area (Å²) in [5, 5.41) is 5.72. The highest BCUT2D eigenvalue weighted by molar-refractivity contribution is 5.90. The van der Waals surface area contributed by atoms with Crippen molar-refractivity contribution in [2.24, 2.45) is 11.8 Å². The summed E-state index contributed by atoms with van der Waals surface area (Å²) in [5.41, 5.74) is 2.76. The Morgan fingerprint density at radius 2 is 1.61 bits per heavy atom. The van der Waals surface area contributed by atoms with Crippen LogP contribution in [0.15, 0.2) is 18.2 Å². The molecule has 0 fully saturated rings. The van der Waals surface area contributed by atoms with Gasteiger partial charge in [-0.25, -0.2) is 4.79 Å². The number of amides is 3. The van der Waals surface area contributed by atoms with Gasteiger partial charge in [0.1, 0.15) is 0 Å². The van der Waals surface area contributed by atoms with Crippen LogP contribution in [0.5, 0.6) is 0 Å². The van der Waals surface area contributed by atoms with Gasteiger partial charge in [-0.05, 0) is 50.5 Å². The molecule has 1 aromatic rings. The molecule has 0 aliphatic rings. The van der Waals surface area contributed by atoms with E-state index in [0.717, 1.165) is 11.3 Å². The van der Waals surface area contributed by atoms with Gasteiger partial charge < -0.3 is 20.4 Å². The number of carbonyl (C=O) groups excluding carboxylic acids is 2. The van der Waals surface area contributed by atoms with Crippen LogP contribution in [0.4, 0.5) is 16.2 Å². The molecular formula is C22H38N4O2. The Kier molecular flexibility index (Phi) is 8.79. The highest BCUT2D eigenvalue weighted by Crippen LogP contribution is 2.27. The summed E-state index contributed by atoms with van der Waals surface area (Å²) in [6.45, 7) is 14.6. The Morgan fingerprint density at radius 1 is 1.00 bits per heavy atom. The molecule has 0 aromatic heterocycles. The topological polar surface area (TPSA) is 64.7 Å². The number of urea groups is 1. The van der Waals surface area contributed by atoms with Crippen molar-refractivity contribution >= 4 is 23.3 Å². The lowest BCUT2D eigenvalue weighted by atomic mass is 10.0. The molecule has 6 nitrogen and oxygen atoms in total. The summed E-state index contributed by atoms with van der Waals surface area (Å²) in [6.07, 6.45) is 0. The molecule has 0 spiro atoms. The fraction of sp³-hybridized carbons (Fsp3) is 0.636. The zero-order valence-corrected chi connectivity index (χ0v) is 19.0. The molecule has 1 rings (SSSR count). The van der Waals surface area contributed by atoms with E-state index in [1.807, 2.05) is 69.8 Å². The van der Waals surface area contributed by atoms with E-state index in [-0.39, 0.29) is 29.9 Å². The zero-order chi connectivity index (χ0) is 21.6. The highest BCUT2D eigenvalue weighted by Gasteiger charge is 2.26. The molecule has 0 bridgehead atoms. The van der Waals surface area contributed by atoms with E-state index in [4.69, 9.17) is 0 Å². The largest absolute Gasteiger partial charge is 0.377 e. The molecule has 1 aromatic carbocycles. The molecule has 3 amide bonds. The van der Waals surface area contributed by atoms with Crippen molar-refractivity contribution in [2.45, 2.75) is 67.1 Å². The lowest BCUT2D eigenvalue weighted by molar-refractivity contribution is -0.138. The highest BCUT2D eigenvalue weighted by atomic mass is 16.2. The van der Waals surface area contributed by atoms with Crippen LogP contribution in [0.25, 0.3) is 0 Å². The van der Waals surface area contributed by atoms with Crippen molar-refractivity contribution in [2.75, 3.05) is 24.3 Å². The van der Waals surface area contributed by atoms with Crippen LogP contribution in [0.1, 0.15) is 54.0 Å². The number of benzene rings is 1. The molecule has 0 heterocycles. The second-order valence-electron chi connectivity index (χ2n) is 8.60. The molecule has 28 heavy (non-hydrogen) atoms. The molecule has 0 radical (unpaired) electrons. The van der Waals surface area contributed by atoms with Crippen molar-refractivity contribution in [3.63, 3.8) is 0 Å². The van der Waals surface area contributed by atoms with E-state index >= 15 is 0 Å².